The average Bonchev–Trinajstić information content (AvgIpc) is 2.53. The largest absolute Gasteiger partial charge is 0.405 e. The van der Waals surface area contributed by atoms with E-state index in [1.165, 1.54) is 30.7 Å². The van der Waals surface area contributed by atoms with Crippen molar-refractivity contribution in [1.82, 2.24) is 9.97 Å². The molecule has 4 rings (SSSR count). The third-order valence-electron chi connectivity index (χ3n) is 5.07. The molecule has 6 nitrogen and oxygen atoms in total. The van der Waals surface area contributed by atoms with Crippen LogP contribution in [0.1, 0.15) is 31.2 Å². The van der Waals surface area contributed by atoms with Crippen LogP contribution in [0.5, 0.6) is 0 Å². The molecular formula is C19H17FN2O4. The first kappa shape index (κ1) is 16.5. The summed E-state index contributed by atoms with van der Waals surface area (Å²) in [5.74, 6) is 0.150. The van der Waals surface area contributed by atoms with Gasteiger partial charge in [0.15, 0.2) is 0 Å². The van der Waals surface area contributed by atoms with Gasteiger partial charge in [-0.05, 0) is 42.0 Å². The monoisotopic (exact) mass is 356 g/mol. The first-order valence-electron chi connectivity index (χ1n) is 8.61. The first-order chi connectivity index (χ1) is 12.5. The molecule has 0 amide bonds. The minimum Gasteiger partial charge on any atom is -0.405 e. The van der Waals surface area contributed by atoms with Crippen LogP contribution in [0.15, 0.2) is 43.1 Å². The number of aromatic amines is 2. The van der Waals surface area contributed by atoms with Crippen molar-refractivity contribution in [2.75, 3.05) is 0 Å². The molecule has 1 aromatic carbocycles. The predicted octanol–water partition coefficient (Wildman–Crippen LogP) is 2.71. The molecule has 0 atom stereocenters. The predicted molar refractivity (Wildman–Crippen MR) is 94.8 cm³/mol. The number of nitrogens with one attached hydrogen (secondary N) is 2. The summed E-state index contributed by atoms with van der Waals surface area (Å²) in [5, 5.41) is 0.169. The van der Waals surface area contributed by atoms with Crippen LogP contribution in [0.2, 0.25) is 0 Å². The molecule has 1 aliphatic rings. The van der Waals surface area contributed by atoms with Crippen molar-refractivity contribution in [1.29, 1.82) is 0 Å². The lowest BCUT2D eigenvalue weighted by Crippen LogP contribution is -2.25. The second-order valence-corrected chi connectivity index (χ2v) is 6.70. The molecule has 7 heteroatoms. The standard InChI is InChI=1S/C19H17FN2O4/c20-12-7-5-11(6-8-12)14-13(9-4-10-2-1-3-10)15-16(23)21-19(25)22-17(15)26-18(14)24/h5-8,10H,1-4,9H2,(H2,21,22,23,25). The Balaban J connectivity index is 1.97. The van der Waals surface area contributed by atoms with Gasteiger partial charge in [0, 0.05) is 0 Å². The van der Waals surface area contributed by atoms with Crippen LogP contribution in [-0.4, -0.2) is 9.97 Å². The molecule has 0 spiro atoms. The highest BCUT2D eigenvalue weighted by Gasteiger charge is 2.23. The number of aryl methyl sites for hydroxylation is 1. The van der Waals surface area contributed by atoms with E-state index in [0.717, 1.165) is 19.3 Å². The molecular weight excluding hydrogens is 339 g/mol. The Morgan fingerprint density at radius 3 is 2.46 bits per heavy atom. The molecule has 1 aliphatic carbocycles. The van der Waals surface area contributed by atoms with Crippen LogP contribution in [0.3, 0.4) is 0 Å². The third-order valence-corrected chi connectivity index (χ3v) is 5.07. The SMILES string of the molecule is O=c1[nH]c(=O)c2c(CCC3CCC3)c(-c3ccc(F)cc3)c(=O)oc2[nH]1. The molecule has 26 heavy (non-hydrogen) atoms. The highest BCUT2D eigenvalue weighted by Crippen LogP contribution is 2.33. The van der Waals surface area contributed by atoms with Crippen LogP contribution < -0.4 is 16.9 Å². The van der Waals surface area contributed by atoms with Gasteiger partial charge < -0.3 is 4.42 Å². The Morgan fingerprint density at radius 2 is 1.81 bits per heavy atom. The van der Waals surface area contributed by atoms with E-state index in [1.807, 2.05) is 0 Å². The molecule has 2 aromatic heterocycles. The summed E-state index contributed by atoms with van der Waals surface area (Å²) in [6.45, 7) is 0. The Hall–Kier alpha value is -2.96. The number of H-pyrrole nitrogens is 2. The van der Waals surface area contributed by atoms with E-state index < -0.39 is 22.7 Å². The van der Waals surface area contributed by atoms with E-state index in [4.69, 9.17) is 4.42 Å². The van der Waals surface area contributed by atoms with Crippen LogP contribution in [0, 0.1) is 11.7 Å². The van der Waals surface area contributed by atoms with Crippen molar-refractivity contribution >= 4 is 11.1 Å². The maximum absolute atomic E-state index is 13.3. The van der Waals surface area contributed by atoms with Gasteiger partial charge >= 0.3 is 11.3 Å². The molecule has 0 aliphatic heterocycles. The topological polar surface area (TPSA) is 95.9 Å². The Morgan fingerprint density at radius 1 is 1.08 bits per heavy atom. The maximum atomic E-state index is 13.3. The number of hydrogen-bond acceptors (Lipinski definition) is 4. The fourth-order valence-electron chi connectivity index (χ4n) is 3.50. The number of benzene rings is 1. The van der Waals surface area contributed by atoms with Gasteiger partial charge in [-0.15, -0.1) is 0 Å². The quantitative estimate of drug-likeness (QED) is 0.751. The zero-order valence-corrected chi connectivity index (χ0v) is 13.9. The van der Waals surface area contributed by atoms with E-state index in [0.29, 0.717) is 23.5 Å². The van der Waals surface area contributed by atoms with Gasteiger partial charge in [-0.1, -0.05) is 31.4 Å². The van der Waals surface area contributed by atoms with E-state index in [-0.39, 0.29) is 16.7 Å². The van der Waals surface area contributed by atoms with Gasteiger partial charge in [0.1, 0.15) is 11.2 Å². The first-order valence-corrected chi connectivity index (χ1v) is 8.61. The second-order valence-electron chi connectivity index (χ2n) is 6.70. The molecule has 2 heterocycles. The van der Waals surface area contributed by atoms with Crippen LogP contribution >= 0.6 is 0 Å². The van der Waals surface area contributed by atoms with Crippen molar-refractivity contribution in [2.24, 2.45) is 5.92 Å². The van der Waals surface area contributed by atoms with Gasteiger partial charge in [-0.2, -0.15) is 0 Å². The highest BCUT2D eigenvalue weighted by molar-refractivity contribution is 5.84. The maximum Gasteiger partial charge on any atom is 0.345 e. The minimum absolute atomic E-state index is 0.127. The zero-order chi connectivity index (χ0) is 18.3. The van der Waals surface area contributed by atoms with E-state index in [2.05, 4.69) is 9.97 Å². The zero-order valence-electron chi connectivity index (χ0n) is 13.9. The molecule has 1 fully saturated rings. The smallest absolute Gasteiger partial charge is 0.345 e. The van der Waals surface area contributed by atoms with Crippen LogP contribution in [-0.2, 0) is 6.42 Å². The Kier molecular flexibility index (Phi) is 4.06. The summed E-state index contributed by atoms with van der Waals surface area (Å²) in [7, 11) is 0. The van der Waals surface area contributed by atoms with Crippen molar-refractivity contribution in [3.63, 3.8) is 0 Å². The van der Waals surface area contributed by atoms with Crippen molar-refractivity contribution in [2.45, 2.75) is 32.1 Å². The molecule has 0 radical (unpaired) electrons. The van der Waals surface area contributed by atoms with Crippen molar-refractivity contribution in [3.05, 3.63) is 66.9 Å². The fraction of sp³-hybridized carbons (Fsp3) is 0.316. The van der Waals surface area contributed by atoms with Crippen LogP contribution in [0.4, 0.5) is 4.39 Å². The molecule has 3 aromatic rings. The van der Waals surface area contributed by atoms with Gasteiger partial charge in [-0.25, -0.2) is 14.0 Å². The lowest BCUT2D eigenvalue weighted by molar-refractivity contribution is 0.296. The normalized spacial score (nSPS) is 14.5. The van der Waals surface area contributed by atoms with E-state index >= 15 is 0 Å². The fourth-order valence-corrected chi connectivity index (χ4v) is 3.50. The summed E-state index contributed by atoms with van der Waals surface area (Å²) in [6, 6.07) is 5.48. The van der Waals surface area contributed by atoms with Crippen molar-refractivity contribution < 1.29 is 8.81 Å². The molecule has 1 saturated carbocycles. The molecule has 0 bridgehead atoms. The molecule has 0 saturated heterocycles. The molecule has 134 valence electrons. The molecule has 2 N–H and O–H groups in total. The average molecular weight is 356 g/mol. The number of halogens is 1. The van der Waals surface area contributed by atoms with Crippen LogP contribution in [0.25, 0.3) is 22.2 Å². The number of rotatable bonds is 4. The second kappa shape index (κ2) is 6.40. The summed E-state index contributed by atoms with van der Waals surface area (Å²) in [6.07, 6.45) is 4.82. The number of fused-ring (bicyclic) bond motifs is 1. The lowest BCUT2D eigenvalue weighted by atomic mass is 9.80. The van der Waals surface area contributed by atoms with Crippen molar-refractivity contribution in [3.8, 4) is 11.1 Å². The van der Waals surface area contributed by atoms with E-state index in [1.54, 1.807) is 0 Å². The summed E-state index contributed by atoms with van der Waals surface area (Å²) >= 11 is 0. The summed E-state index contributed by atoms with van der Waals surface area (Å²) in [4.78, 5) is 41.1. The number of hydrogen-bond donors (Lipinski definition) is 2. The van der Waals surface area contributed by atoms with E-state index in [9.17, 15) is 18.8 Å². The Bertz CT molecular complexity index is 1140. The minimum atomic E-state index is -0.731. The third kappa shape index (κ3) is 2.89. The molecule has 0 unspecified atom stereocenters. The van der Waals surface area contributed by atoms with Gasteiger partial charge in [-0.3, -0.25) is 14.8 Å². The summed E-state index contributed by atoms with van der Waals surface area (Å²) in [5.41, 5.74) is -0.852. The van der Waals surface area contributed by atoms with Gasteiger partial charge in [0.25, 0.3) is 5.56 Å². The Labute approximate surface area is 146 Å². The number of aromatic nitrogens is 2. The lowest BCUT2D eigenvalue weighted by Gasteiger charge is -2.25. The van der Waals surface area contributed by atoms with Gasteiger partial charge in [0.05, 0.1) is 5.56 Å². The van der Waals surface area contributed by atoms with Gasteiger partial charge in [0.2, 0.25) is 5.71 Å². The highest BCUT2D eigenvalue weighted by atomic mass is 19.1. The summed E-state index contributed by atoms with van der Waals surface area (Å²) < 4.78 is 18.5.